The van der Waals surface area contributed by atoms with Crippen molar-refractivity contribution in [2.45, 2.75) is 46.0 Å². The molecule has 0 saturated carbocycles. The first-order valence-electron chi connectivity index (χ1n) is 6.12. The lowest BCUT2D eigenvalue weighted by Gasteiger charge is -2.41. The summed E-state index contributed by atoms with van der Waals surface area (Å²) in [5.74, 6) is 0. The number of nitrogens with zero attached hydrogens (tertiary/aromatic N) is 1. The summed E-state index contributed by atoms with van der Waals surface area (Å²) in [5, 5.41) is 0. The Balaban J connectivity index is 2.31. The van der Waals surface area contributed by atoms with Gasteiger partial charge in [-0.2, -0.15) is 0 Å². The van der Waals surface area contributed by atoms with E-state index in [1.807, 2.05) is 0 Å². The van der Waals surface area contributed by atoms with Crippen LogP contribution in [0.4, 0.5) is 0 Å². The van der Waals surface area contributed by atoms with E-state index in [0.717, 1.165) is 13.0 Å². The van der Waals surface area contributed by atoms with Gasteiger partial charge in [0, 0.05) is 13.0 Å². The lowest BCUT2D eigenvalue weighted by molar-refractivity contribution is 0.0975. The number of likely N-dealkylation sites (tertiary alicyclic amines) is 1. The van der Waals surface area contributed by atoms with E-state index in [9.17, 15) is 0 Å². The minimum Gasteiger partial charge on any atom is -0.393 e. The second-order valence-electron chi connectivity index (χ2n) is 4.77. The van der Waals surface area contributed by atoms with Crippen LogP contribution in [0, 0.1) is 5.41 Å². The first kappa shape index (κ1) is 12.9. The van der Waals surface area contributed by atoms with Gasteiger partial charge in [-0.15, -0.1) is 0 Å². The molecule has 0 atom stereocenters. The molecule has 88 valence electrons. The highest BCUT2D eigenvalue weighted by Gasteiger charge is 2.30. The second-order valence-corrected chi connectivity index (χ2v) is 5.29. The maximum absolute atomic E-state index is 5.52. The summed E-state index contributed by atoms with van der Waals surface area (Å²) in [4.78, 5) is 3.15. The fraction of sp³-hybridized carbons (Fsp3) is 0.917. The summed E-state index contributed by atoms with van der Waals surface area (Å²) in [5.41, 5.74) is 6.14. The predicted octanol–water partition coefficient (Wildman–Crippen LogP) is 2.56. The monoisotopic (exact) mass is 228 g/mol. The molecule has 0 spiro atoms. The van der Waals surface area contributed by atoms with Gasteiger partial charge in [0.15, 0.2) is 0 Å². The zero-order chi connectivity index (χ0) is 11.3. The van der Waals surface area contributed by atoms with Crippen LogP contribution in [0.3, 0.4) is 0 Å². The van der Waals surface area contributed by atoms with Gasteiger partial charge in [0.2, 0.25) is 0 Å². The zero-order valence-corrected chi connectivity index (χ0v) is 10.9. The van der Waals surface area contributed by atoms with Gasteiger partial charge in [0.1, 0.15) is 0 Å². The molecular weight excluding hydrogens is 204 g/mol. The van der Waals surface area contributed by atoms with Crippen molar-refractivity contribution in [2.75, 3.05) is 19.6 Å². The Hall–Kier alpha value is -0.150. The van der Waals surface area contributed by atoms with E-state index >= 15 is 0 Å². The number of piperidine rings is 1. The normalized spacial score (nSPS) is 21.5. The maximum atomic E-state index is 5.52. The Morgan fingerprint density at radius 1 is 1.27 bits per heavy atom. The Bertz CT molecular complexity index is 202. The molecule has 0 amide bonds. The van der Waals surface area contributed by atoms with Crippen LogP contribution in [-0.4, -0.2) is 29.5 Å². The minimum atomic E-state index is 0.625. The average molecular weight is 228 g/mol. The zero-order valence-electron chi connectivity index (χ0n) is 10.1. The van der Waals surface area contributed by atoms with Crippen LogP contribution in [0.5, 0.6) is 0 Å². The predicted molar refractivity (Wildman–Crippen MR) is 70.1 cm³/mol. The van der Waals surface area contributed by atoms with Crippen LogP contribution < -0.4 is 5.73 Å². The van der Waals surface area contributed by atoms with Crippen molar-refractivity contribution < 1.29 is 0 Å². The summed E-state index contributed by atoms with van der Waals surface area (Å²) in [7, 11) is 0. The SMILES string of the molecule is CCC1(CC)CCN(CCC(N)=S)CC1. The fourth-order valence-corrected chi connectivity index (χ4v) is 2.57. The van der Waals surface area contributed by atoms with Gasteiger partial charge in [-0.1, -0.05) is 38.9 Å². The summed E-state index contributed by atoms with van der Waals surface area (Å²) in [6.07, 6.45) is 6.22. The van der Waals surface area contributed by atoms with E-state index in [2.05, 4.69) is 18.7 Å². The lowest BCUT2D eigenvalue weighted by Crippen LogP contribution is -2.40. The molecular formula is C12H24N2S. The average Bonchev–Trinajstić information content (AvgIpc) is 2.27. The number of hydrogen-bond donors (Lipinski definition) is 1. The summed E-state index contributed by atoms with van der Waals surface area (Å²) in [6.45, 7) is 8.16. The summed E-state index contributed by atoms with van der Waals surface area (Å²) >= 11 is 4.91. The van der Waals surface area contributed by atoms with Crippen LogP contribution in [-0.2, 0) is 0 Å². The molecule has 0 aliphatic carbocycles. The molecule has 0 aromatic heterocycles. The lowest BCUT2D eigenvalue weighted by atomic mass is 9.74. The van der Waals surface area contributed by atoms with Gasteiger partial charge in [-0.3, -0.25) is 0 Å². The standard InChI is InChI=1S/C12H24N2S/c1-3-12(4-2)6-9-14(10-7-12)8-5-11(13)15/h3-10H2,1-2H3,(H2,13,15). The van der Waals surface area contributed by atoms with Crippen LogP contribution in [0.15, 0.2) is 0 Å². The van der Waals surface area contributed by atoms with Crippen molar-refractivity contribution in [3.63, 3.8) is 0 Å². The molecule has 0 unspecified atom stereocenters. The molecule has 2 N–H and O–H groups in total. The third kappa shape index (κ3) is 3.72. The van der Waals surface area contributed by atoms with E-state index in [-0.39, 0.29) is 0 Å². The topological polar surface area (TPSA) is 29.3 Å². The molecule has 15 heavy (non-hydrogen) atoms. The second kappa shape index (κ2) is 5.80. The highest BCUT2D eigenvalue weighted by molar-refractivity contribution is 7.80. The van der Waals surface area contributed by atoms with E-state index in [1.165, 1.54) is 38.8 Å². The summed E-state index contributed by atoms with van der Waals surface area (Å²) in [6, 6.07) is 0. The Kier molecular flexibility index (Phi) is 5.00. The van der Waals surface area contributed by atoms with Gasteiger partial charge >= 0.3 is 0 Å². The molecule has 1 fully saturated rings. The van der Waals surface area contributed by atoms with Crippen molar-refractivity contribution in [1.29, 1.82) is 0 Å². The van der Waals surface area contributed by atoms with Crippen LogP contribution in [0.2, 0.25) is 0 Å². The molecule has 1 aliphatic rings. The van der Waals surface area contributed by atoms with Crippen molar-refractivity contribution >= 4 is 17.2 Å². The highest BCUT2D eigenvalue weighted by Crippen LogP contribution is 2.37. The van der Waals surface area contributed by atoms with Crippen LogP contribution >= 0.6 is 12.2 Å². The molecule has 0 aromatic rings. The van der Waals surface area contributed by atoms with E-state index < -0.39 is 0 Å². The van der Waals surface area contributed by atoms with Gasteiger partial charge in [0.25, 0.3) is 0 Å². The van der Waals surface area contributed by atoms with Crippen LogP contribution in [0.1, 0.15) is 46.0 Å². The van der Waals surface area contributed by atoms with Crippen molar-refractivity contribution in [2.24, 2.45) is 11.1 Å². The van der Waals surface area contributed by atoms with E-state index in [1.54, 1.807) is 0 Å². The van der Waals surface area contributed by atoms with Crippen LogP contribution in [0.25, 0.3) is 0 Å². The number of hydrogen-bond acceptors (Lipinski definition) is 2. The molecule has 0 aromatic carbocycles. The van der Waals surface area contributed by atoms with Crippen molar-refractivity contribution in [3.05, 3.63) is 0 Å². The first-order valence-corrected chi connectivity index (χ1v) is 6.53. The molecule has 1 rings (SSSR count). The third-order valence-corrected chi connectivity index (χ3v) is 4.30. The Morgan fingerprint density at radius 3 is 2.20 bits per heavy atom. The van der Waals surface area contributed by atoms with Crippen molar-refractivity contribution in [1.82, 2.24) is 4.90 Å². The maximum Gasteiger partial charge on any atom is 0.0740 e. The van der Waals surface area contributed by atoms with Gasteiger partial charge in [-0.25, -0.2) is 0 Å². The van der Waals surface area contributed by atoms with Gasteiger partial charge in [0.05, 0.1) is 4.99 Å². The quantitative estimate of drug-likeness (QED) is 0.733. The first-order chi connectivity index (χ1) is 7.12. The molecule has 0 radical (unpaired) electrons. The van der Waals surface area contributed by atoms with E-state index in [4.69, 9.17) is 18.0 Å². The number of nitrogens with two attached hydrogens (primary N) is 1. The molecule has 1 heterocycles. The Labute approximate surface area is 99.2 Å². The smallest absolute Gasteiger partial charge is 0.0740 e. The Morgan fingerprint density at radius 2 is 1.80 bits per heavy atom. The fourth-order valence-electron chi connectivity index (χ4n) is 2.48. The molecule has 3 heteroatoms. The molecule has 2 nitrogen and oxygen atoms in total. The van der Waals surface area contributed by atoms with Gasteiger partial charge < -0.3 is 10.6 Å². The van der Waals surface area contributed by atoms with Gasteiger partial charge in [-0.05, 0) is 31.3 Å². The van der Waals surface area contributed by atoms with Crippen molar-refractivity contribution in [3.8, 4) is 0 Å². The molecule has 0 bridgehead atoms. The number of rotatable bonds is 5. The summed E-state index contributed by atoms with van der Waals surface area (Å²) < 4.78 is 0. The minimum absolute atomic E-state index is 0.625. The largest absolute Gasteiger partial charge is 0.393 e. The number of thiocarbonyl (C=S) groups is 1. The van der Waals surface area contributed by atoms with E-state index in [0.29, 0.717) is 10.4 Å². The highest BCUT2D eigenvalue weighted by atomic mass is 32.1. The molecule has 1 saturated heterocycles. The third-order valence-electron chi connectivity index (χ3n) is 4.09. The molecule has 1 aliphatic heterocycles.